The smallest absolute Gasteiger partial charge is 0.165 e. The van der Waals surface area contributed by atoms with Gasteiger partial charge in [-0.1, -0.05) is 51.1 Å². The van der Waals surface area contributed by atoms with Gasteiger partial charge < -0.3 is 0 Å². The van der Waals surface area contributed by atoms with Gasteiger partial charge in [0, 0.05) is 11.5 Å². The van der Waals surface area contributed by atoms with Gasteiger partial charge in [-0.3, -0.25) is 4.79 Å². The first kappa shape index (κ1) is 12.0. The predicted octanol–water partition coefficient (Wildman–Crippen LogP) is 3.94. The molecule has 0 radical (unpaired) electrons. The molecule has 0 spiro atoms. The zero-order chi connectivity index (χ0) is 11.3. The first-order chi connectivity index (χ1) is 7.15. The molecule has 0 bridgehead atoms. The average Bonchev–Trinajstić information content (AvgIpc) is 2.26. The quantitative estimate of drug-likeness (QED) is 0.664. The fourth-order valence-corrected chi connectivity index (χ4v) is 1.87. The van der Waals surface area contributed by atoms with Crippen molar-refractivity contribution >= 4 is 5.78 Å². The number of benzene rings is 1. The normalized spacial score (nSPS) is 12.8. The van der Waals surface area contributed by atoms with Crippen LogP contribution in [0.15, 0.2) is 30.3 Å². The molecule has 1 rings (SSSR count). The minimum atomic E-state index is 0.187. The lowest BCUT2D eigenvalue weighted by molar-refractivity contribution is 0.0900. The first-order valence-corrected chi connectivity index (χ1v) is 5.74. The maximum absolute atomic E-state index is 12.1. The highest BCUT2D eigenvalue weighted by Crippen LogP contribution is 2.20. The highest BCUT2D eigenvalue weighted by atomic mass is 16.1. The molecule has 0 saturated heterocycles. The Hall–Kier alpha value is -1.11. The van der Waals surface area contributed by atoms with Crippen molar-refractivity contribution in [3.8, 4) is 0 Å². The molecule has 0 aromatic heterocycles. The van der Waals surface area contributed by atoms with Gasteiger partial charge >= 0.3 is 0 Å². The van der Waals surface area contributed by atoms with E-state index in [1.54, 1.807) is 0 Å². The molecule has 1 aromatic carbocycles. The van der Waals surface area contributed by atoms with Crippen LogP contribution in [0.3, 0.4) is 0 Å². The molecule has 0 aliphatic carbocycles. The average molecular weight is 204 g/mol. The summed E-state index contributed by atoms with van der Waals surface area (Å²) in [5.74, 6) is 1.07. The Balaban J connectivity index is 2.74. The van der Waals surface area contributed by atoms with Gasteiger partial charge in [0.15, 0.2) is 5.78 Å². The molecule has 1 nitrogen and oxygen atoms in total. The molecule has 0 N–H and O–H groups in total. The lowest BCUT2D eigenvalue weighted by atomic mass is 9.88. The molecule has 0 fully saturated rings. The van der Waals surface area contributed by atoms with Gasteiger partial charge in [0.2, 0.25) is 0 Å². The fourth-order valence-electron chi connectivity index (χ4n) is 1.87. The summed E-state index contributed by atoms with van der Waals surface area (Å²) in [5.41, 5.74) is 0.852. The van der Waals surface area contributed by atoms with Gasteiger partial charge in [0.05, 0.1) is 0 Å². The van der Waals surface area contributed by atoms with Crippen LogP contribution in [0.25, 0.3) is 0 Å². The molecule has 15 heavy (non-hydrogen) atoms. The second-order valence-electron chi connectivity index (χ2n) is 4.46. The molecule has 1 unspecified atom stereocenters. The van der Waals surface area contributed by atoms with E-state index in [0.717, 1.165) is 18.4 Å². The minimum Gasteiger partial charge on any atom is -0.294 e. The van der Waals surface area contributed by atoms with Gasteiger partial charge in [-0.15, -0.1) is 0 Å². The highest BCUT2D eigenvalue weighted by molar-refractivity contribution is 5.97. The zero-order valence-corrected chi connectivity index (χ0v) is 9.86. The third-order valence-electron chi connectivity index (χ3n) is 2.68. The maximum Gasteiger partial charge on any atom is 0.165 e. The van der Waals surface area contributed by atoms with Crippen molar-refractivity contribution in [1.29, 1.82) is 0 Å². The van der Waals surface area contributed by atoms with Gasteiger partial charge in [0.1, 0.15) is 0 Å². The molecule has 0 aliphatic rings. The van der Waals surface area contributed by atoms with Crippen molar-refractivity contribution < 1.29 is 4.79 Å². The van der Waals surface area contributed by atoms with E-state index < -0.39 is 0 Å². The second kappa shape index (κ2) is 5.69. The number of rotatable bonds is 5. The third-order valence-corrected chi connectivity index (χ3v) is 2.68. The Morgan fingerprint density at radius 2 is 1.80 bits per heavy atom. The summed E-state index contributed by atoms with van der Waals surface area (Å²) in [4.78, 5) is 12.1. The molecule has 1 heteroatoms. The van der Waals surface area contributed by atoms with Crippen molar-refractivity contribution in [2.45, 2.75) is 33.6 Å². The van der Waals surface area contributed by atoms with Crippen molar-refractivity contribution in [3.05, 3.63) is 35.9 Å². The lowest BCUT2D eigenvalue weighted by Gasteiger charge is -2.15. The van der Waals surface area contributed by atoms with Gasteiger partial charge in [-0.25, -0.2) is 0 Å². The van der Waals surface area contributed by atoms with Crippen molar-refractivity contribution in [1.82, 2.24) is 0 Å². The summed E-state index contributed by atoms with van der Waals surface area (Å²) < 4.78 is 0. The molecule has 0 saturated carbocycles. The van der Waals surface area contributed by atoms with Crippen molar-refractivity contribution in [3.63, 3.8) is 0 Å². The molecular formula is C14H20O. The molecule has 1 atom stereocenters. The van der Waals surface area contributed by atoms with Crippen LogP contribution in [0.4, 0.5) is 0 Å². The second-order valence-corrected chi connectivity index (χ2v) is 4.46. The van der Waals surface area contributed by atoms with Gasteiger partial charge in [-0.2, -0.15) is 0 Å². The van der Waals surface area contributed by atoms with E-state index in [2.05, 4.69) is 20.8 Å². The third kappa shape index (κ3) is 3.50. The topological polar surface area (TPSA) is 17.1 Å². The summed E-state index contributed by atoms with van der Waals surface area (Å²) in [5, 5.41) is 0. The number of Topliss-reactive ketones (excluding diaryl/α,β-unsaturated/α-hetero) is 1. The van der Waals surface area contributed by atoms with E-state index in [1.165, 1.54) is 0 Å². The molecular weight excluding hydrogens is 184 g/mol. The Kier molecular flexibility index (Phi) is 4.54. The lowest BCUT2D eigenvalue weighted by Crippen LogP contribution is -2.16. The highest BCUT2D eigenvalue weighted by Gasteiger charge is 2.18. The Bertz CT molecular complexity index is 300. The van der Waals surface area contributed by atoms with Crippen LogP contribution in [-0.2, 0) is 0 Å². The van der Waals surface area contributed by atoms with E-state index in [4.69, 9.17) is 0 Å². The molecule has 0 heterocycles. The van der Waals surface area contributed by atoms with E-state index >= 15 is 0 Å². The zero-order valence-electron chi connectivity index (χ0n) is 9.86. The summed E-state index contributed by atoms with van der Waals surface area (Å²) in [6, 6.07) is 9.61. The van der Waals surface area contributed by atoms with Crippen LogP contribution < -0.4 is 0 Å². The number of ketones is 1. The van der Waals surface area contributed by atoms with Crippen molar-refractivity contribution in [2.75, 3.05) is 0 Å². The summed E-state index contributed by atoms with van der Waals surface area (Å²) in [6.07, 6.45) is 1.93. The number of hydrogen-bond donors (Lipinski definition) is 0. The number of hydrogen-bond acceptors (Lipinski definition) is 1. The number of carbonyl (C=O) groups excluding carboxylic acids is 1. The first-order valence-electron chi connectivity index (χ1n) is 5.74. The van der Waals surface area contributed by atoms with E-state index in [1.807, 2.05) is 30.3 Å². The summed E-state index contributed by atoms with van der Waals surface area (Å²) in [6.45, 7) is 6.43. The van der Waals surface area contributed by atoms with Gasteiger partial charge in [-0.05, 0) is 18.8 Å². The van der Waals surface area contributed by atoms with E-state index in [9.17, 15) is 4.79 Å². The summed E-state index contributed by atoms with van der Waals surface area (Å²) in [7, 11) is 0. The monoisotopic (exact) mass is 204 g/mol. The minimum absolute atomic E-state index is 0.187. The molecule has 82 valence electrons. The molecule has 0 aliphatic heterocycles. The summed E-state index contributed by atoms with van der Waals surface area (Å²) >= 11 is 0. The fraction of sp³-hybridized carbons (Fsp3) is 0.500. The number of carbonyl (C=O) groups is 1. The Morgan fingerprint density at radius 3 is 2.27 bits per heavy atom. The van der Waals surface area contributed by atoms with Crippen LogP contribution in [0.5, 0.6) is 0 Å². The van der Waals surface area contributed by atoms with Crippen LogP contribution in [-0.4, -0.2) is 5.78 Å². The van der Waals surface area contributed by atoms with Crippen LogP contribution in [0.2, 0.25) is 0 Å². The van der Waals surface area contributed by atoms with Crippen LogP contribution >= 0.6 is 0 Å². The Labute approximate surface area is 92.5 Å². The maximum atomic E-state index is 12.1. The van der Waals surface area contributed by atoms with Crippen LogP contribution in [0, 0.1) is 11.8 Å². The SMILES string of the molecule is CCC(CC(C)C)C(=O)c1ccccc1. The molecule has 0 amide bonds. The van der Waals surface area contributed by atoms with E-state index in [-0.39, 0.29) is 5.92 Å². The predicted molar refractivity (Wildman–Crippen MR) is 64.0 cm³/mol. The molecule has 1 aromatic rings. The standard InChI is InChI=1S/C14H20O/c1-4-12(10-11(2)3)14(15)13-8-6-5-7-9-13/h5-9,11-12H,4,10H2,1-3H3. The largest absolute Gasteiger partial charge is 0.294 e. The Morgan fingerprint density at radius 1 is 1.20 bits per heavy atom. The van der Waals surface area contributed by atoms with Crippen LogP contribution in [0.1, 0.15) is 44.0 Å². The van der Waals surface area contributed by atoms with Gasteiger partial charge in [0.25, 0.3) is 0 Å². The van der Waals surface area contributed by atoms with Crippen molar-refractivity contribution in [2.24, 2.45) is 11.8 Å². The van der Waals surface area contributed by atoms with E-state index in [0.29, 0.717) is 11.7 Å².